The first-order chi connectivity index (χ1) is 7.79. The van der Waals surface area contributed by atoms with Crippen LogP contribution in [0.1, 0.15) is 18.9 Å². The number of hydrogen-bond acceptors (Lipinski definition) is 3. The third kappa shape index (κ3) is 2.53. The van der Waals surface area contributed by atoms with E-state index in [1.807, 2.05) is 24.3 Å². The Morgan fingerprint density at radius 3 is 3.12 bits per heavy atom. The summed E-state index contributed by atoms with van der Waals surface area (Å²) in [5, 5.41) is 12.2. The Balaban J connectivity index is 2.00. The molecule has 16 heavy (non-hydrogen) atoms. The van der Waals surface area contributed by atoms with Gasteiger partial charge in [0.1, 0.15) is 0 Å². The van der Waals surface area contributed by atoms with Crippen molar-refractivity contribution in [3.8, 4) is 6.07 Å². The molecule has 3 nitrogen and oxygen atoms in total. The number of benzene rings is 1. The Kier molecular flexibility index (Phi) is 3.43. The molecule has 1 aliphatic heterocycles. The SMILES string of the molecule is CC(Nc1cccc(C#N)c1)C1CCOC1. The van der Waals surface area contributed by atoms with E-state index in [2.05, 4.69) is 18.3 Å². The smallest absolute Gasteiger partial charge is 0.0992 e. The quantitative estimate of drug-likeness (QED) is 0.843. The predicted octanol–water partition coefficient (Wildman–Crippen LogP) is 2.40. The van der Waals surface area contributed by atoms with E-state index in [1.54, 1.807) is 0 Å². The van der Waals surface area contributed by atoms with Crippen LogP contribution in [0.25, 0.3) is 0 Å². The zero-order chi connectivity index (χ0) is 11.4. The maximum atomic E-state index is 8.81. The van der Waals surface area contributed by atoms with Crippen LogP contribution >= 0.6 is 0 Å². The highest BCUT2D eigenvalue weighted by Crippen LogP contribution is 2.20. The lowest BCUT2D eigenvalue weighted by atomic mass is 10.0. The summed E-state index contributed by atoms with van der Waals surface area (Å²) >= 11 is 0. The van der Waals surface area contributed by atoms with Crippen molar-refractivity contribution in [2.75, 3.05) is 18.5 Å². The Bertz CT molecular complexity index is 391. The van der Waals surface area contributed by atoms with Crippen molar-refractivity contribution < 1.29 is 4.74 Å². The number of anilines is 1. The molecule has 1 fully saturated rings. The minimum absolute atomic E-state index is 0.386. The number of nitrogens with zero attached hydrogens (tertiary/aromatic N) is 1. The fourth-order valence-electron chi connectivity index (χ4n) is 2.01. The molecular weight excluding hydrogens is 200 g/mol. The lowest BCUT2D eigenvalue weighted by Gasteiger charge is -2.20. The number of hydrogen-bond donors (Lipinski definition) is 1. The molecule has 0 radical (unpaired) electrons. The van der Waals surface area contributed by atoms with Crippen molar-refractivity contribution in [3.63, 3.8) is 0 Å². The molecule has 1 aromatic carbocycles. The van der Waals surface area contributed by atoms with Gasteiger partial charge in [-0.05, 0) is 31.5 Å². The van der Waals surface area contributed by atoms with Gasteiger partial charge in [0.15, 0.2) is 0 Å². The molecule has 2 atom stereocenters. The van der Waals surface area contributed by atoms with Gasteiger partial charge in [0.2, 0.25) is 0 Å². The van der Waals surface area contributed by atoms with Crippen molar-refractivity contribution in [2.24, 2.45) is 5.92 Å². The Hall–Kier alpha value is -1.53. The zero-order valence-corrected chi connectivity index (χ0v) is 9.44. The third-order valence-corrected chi connectivity index (χ3v) is 3.06. The second kappa shape index (κ2) is 5.00. The van der Waals surface area contributed by atoms with E-state index < -0.39 is 0 Å². The molecular formula is C13H16N2O. The maximum Gasteiger partial charge on any atom is 0.0992 e. The number of ether oxygens (including phenoxy) is 1. The Labute approximate surface area is 96.0 Å². The lowest BCUT2D eigenvalue weighted by Crippen LogP contribution is -2.26. The summed E-state index contributed by atoms with van der Waals surface area (Å²) in [5.74, 6) is 0.575. The Morgan fingerprint density at radius 1 is 1.56 bits per heavy atom. The normalized spacial score (nSPS) is 21.4. The minimum Gasteiger partial charge on any atom is -0.382 e. The summed E-state index contributed by atoms with van der Waals surface area (Å²) in [7, 11) is 0. The molecule has 1 heterocycles. The molecule has 1 N–H and O–H groups in total. The molecule has 0 saturated carbocycles. The number of nitriles is 1. The fourth-order valence-corrected chi connectivity index (χ4v) is 2.01. The Morgan fingerprint density at radius 2 is 2.44 bits per heavy atom. The molecule has 0 aliphatic carbocycles. The second-order valence-electron chi connectivity index (χ2n) is 4.25. The van der Waals surface area contributed by atoms with Crippen LogP contribution in [0.3, 0.4) is 0 Å². The van der Waals surface area contributed by atoms with Gasteiger partial charge in [0.25, 0.3) is 0 Å². The molecule has 1 saturated heterocycles. The van der Waals surface area contributed by atoms with Gasteiger partial charge in [-0.25, -0.2) is 0 Å². The second-order valence-corrected chi connectivity index (χ2v) is 4.25. The van der Waals surface area contributed by atoms with Crippen LogP contribution in [0.4, 0.5) is 5.69 Å². The van der Waals surface area contributed by atoms with Gasteiger partial charge in [-0.1, -0.05) is 6.07 Å². The van der Waals surface area contributed by atoms with Crippen LogP contribution in [-0.2, 0) is 4.74 Å². The molecule has 0 bridgehead atoms. The molecule has 0 aromatic heterocycles. The van der Waals surface area contributed by atoms with Crippen LogP contribution in [0.15, 0.2) is 24.3 Å². The van der Waals surface area contributed by atoms with E-state index in [1.165, 1.54) is 0 Å². The molecule has 2 rings (SSSR count). The molecule has 0 amide bonds. The highest BCUT2D eigenvalue weighted by molar-refractivity contribution is 5.49. The van der Waals surface area contributed by atoms with Gasteiger partial charge in [0.05, 0.1) is 18.2 Å². The molecule has 1 aromatic rings. The number of nitrogens with one attached hydrogen (secondary N) is 1. The highest BCUT2D eigenvalue weighted by Gasteiger charge is 2.21. The monoisotopic (exact) mass is 216 g/mol. The summed E-state index contributed by atoms with van der Waals surface area (Å²) in [6, 6.07) is 10.1. The predicted molar refractivity (Wildman–Crippen MR) is 63.2 cm³/mol. The summed E-state index contributed by atoms with van der Waals surface area (Å²) in [4.78, 5) is 0. The van der Waals surface area contributed by atoms with Crippen LogP contribution in [0, 0.1) is 17.2 Å². The van der Waals surface area contributed by atoms with E-state index in [0.717, 1.165) is 25.3 Å². The lowest BCUT2D eigenvalue weighted by molar-refractivity contribution is 0.183. The van der Waals surface area contributed by atoms with Gasteiger partial charge in [0, 0.05) is 24.3 Å². The summed E-state index contributed by atoms with van der Waals surface area (Å²) < 4.78 is 5.37. The van der Waals surface area contributed by atoms with Gasteiger partial charge in [-0.15, -0.1) is 0 Å². The first kappa shape index (κ1) is 11.0. The summed E-state index contributed by atoms with van der Waals surface area (Å²) in [6.07, 6.45) is 1.12. The number of rotatable bonds is 3. The third-order valence-electron chi connectivity index (χ3n) is 3.06. The minimum atomic E-state index is 0.386. The topological polar surface area (TPSA) is 45.0 Å². The van der Waals surface area contributed by atoms with Crippen molar-refractivity contribution in [1.82, 2.24) is 0 Å². The van der Waals surface area contributed by atoms with E-state index in [9.17, 15) is 0 Å². The molecule has 84 valence electrons. The van der Waals surface area contributed by atoms with Gasteiger partial charge < -0.3 is 10.1 Å². The van der Waals surface area contributed by atoms with E-state index in [0.29, 0.717) is 17.5 Å². The molecule has 0 spiro atoms. The van der Waals surface area contributed by atoms with E-state index in [-0.39, 0.29) is 0 Å². The van der Waals surface area contributed by atoms with Crippen LogP contribution in [0.5, 0.6) is 0 Å². The standard InChI is InChI=1S/C13H16N2O/c1-10(12-5-6-16-9-12)15-13-4-2-3-11(7-13)8-14/h2-4,7,10,12,15H,5-6,9H2,1H3. The first-order valence-corrected chi connectivity index (χ1v) is 5.64. The van der Waals surface area contributed by atoms with E-state index in [4.69, 9.17) is 10.00 Å². The molecule has 3 heteroatoms. The van der Waals surface area contributed by atoms with Crippen LogP contribution in [-0.4, -0.2) is 19.3 Å². The average Bonchev–Trinajstić information content (AvgIpc) is 2.83. The van der Waals surface area contributed by atoms with Crippen molar-refractivity contribution in [2.45, 2.75) is 19.4 Å². The zero-order valence-electron chi connectivity index (χ0n) is 9.44. The fraction of sp³-hybridized carbons (Fsp3) is 0.462. The molecule has 1 aliphatic rings. The average molecular weight is 216 g/mol. The largest absolute Gasteiger partial charge is 0.382 e. The van der Waals surface area contributed by atoms with Crippen LogP contribution < -0.4 is 5.32 Å². The molecule has 2 unspecified atom stereocenters. The van der Waals surface area contributed by atoms with Crippen molar-refractivity contribution >= 4 is 5.69 Å². The van der Waals surface area contributed by atoms with Gasteiger partial charge in [-0.3, -0.25) is 0 Å². The van der Waals surface area contributed by atoms with Crippen molar-refractivity contribution in [3.05, 3.63) is 29.8 Å². The highest BCUT2D eigenvalue weighted by atomic mass is 16.5. The maximum absolute atomic E-state index is 8.81. The van der Waals surface area contributed by atoms with Crippen molar-refractivity contribution in [1.29, 1.82) is 5.26 Å². The summed E-state index contributed by atoms with van der Waals surface area (Å²) in [5.41, 5.74) is 1.71. The first-order valence-electron chi connectivity index (χ1n) is 5.64. The van der Waals surface area contributed by atoms with Gasteiger partial charge >= 0.3 is 0 Å². The van der Waals surface area contributed by atoms with E-state index >= 15 is 0 Å². The summed E-state index contributed by atoms with van der Waals surface area (Å²) in [6.45, 7) is 3.87. The van der Waals surface area contributed by atoms with Gasteiger partial charge in [-0.2, -0.15) is 5.26 Å². The van der Waals surface area contributed by atoms with Crippen LogP contribution in [0.2, 0.25) is 0 Å².